The highest BCUT2D eigenvalue weighted by Crippen LogP contribution is 2.25. The van der Waals surface area contributed by atoms with Gasteiger partial charge in [-0.05, 0) is 55.0 Å². The summed E-state index contributed by atoms with van der Waals surface area (Å²) in [6.07, 6.45) is 3.57. The lowest BCUT2D eigenvalue weighted by Gasteiger charge is -2.32. The van der Waals surface area contributed by atoms with Crippen molar-refractivity contribution >= 4 is 11.5 Å². The molecule has 0 unspecified atom stereocenters. The van der Waals surface area contributed by atoms with E-state index in [0.29, 0.717) is 5.92 Å². The summed E-state index contributed by atoms with van der Waals surface area (Å²) in [7, 11) is 0. The van der Waals surface area contributed by atoms with E-state index in [2.05, 4.69) is 20.2 Å². The first-order valence-electron chi connectivity index (χ1n) is 9.04. The van der Waals surface area contributed by atoms with E-state index in [1.807, 2.05) is 23.6 Å². The number of rotatable bonds is 4. The van der Waals surface area contributed by atoms with Crippen molar-refractivity contribution in [2.45, 2.75) is 32.6 Å². The lowest BCUT2D eigenvalue weighted by Crippen LogP contribution is -2.35. The summed E-state index contributed by atoms with van der Waals surface area (Å²) in [6.45, 7) is 3.83. The van der Waals surface area contributed by atoms with Crippen molar-refractivity contribution in [3.8, 4) is 0 Å². The molecule has 2 aromatic heterocycles. The van der Waals surface area contributed by atoms with Gasteiger partial charge in [0.05, 0.1) is 0 Å². The van der Waals surface area contributed by atoms with Crippen molar-refractivity contribution in [2.75, 3.05) is 18.0 Å². The Balaban J connectivity index is 1.42. The summed E-state index contributed by atoms with van der Waals surface area (Å²) in [4.78, 5) is 2.26. The van der Waals surface area contributed by atoms with Gasteiger partial charge in [-0.2, -0.15) is 4.52 Å². The molecule has 0 bridgehead atoms. The maximum absolute atomic E-state index is 13.4. The number of halogens is 2. The average molecular weight is 357 g/mol. The molecular weight excluding hydrogens is 336 g/mol. The molecule has 0 atom stereocenters. The normalized spacial score (nSPS) is 15.7. The summed E-state index contributed by atoms with van der Waals surface area (Å²) in [5, 5.41) is 13.0. The Morgan fingerprint density at radius 1 is 1.04 bits per heavy atom. The van der Waals surface area contributed by atoms with Crippen LogP contribution in [0.1, 0.15) is 31.2 Å². The van der Waals surface area contributed by atoms with Gasteiger partial charge < -0.3 is 4.90 Å². The largest absolute Gasteiger partial charge is 0.355 e. The van der Waals surface area contributed by atoms with Crippen LogP contribution in [0.15, 0.2) is 30.3 Å². The predicted octanol–water partition coefficient (Wildman–Crippen LogP) is 3.42. The molecule has 0 aliphatic carbocycles. The average Bonchev–Trinajstić information content (AvgIpc) is 3.08. The van der Waals surface area contributed by atoms with E-state index in [9.17, 15) is 8.78 Å². The summed E-state index contributed by atoms with van der Waals surface area (Å²) < 4.78 is 28.2. The van der Waals surface area contributed by atoms with Gasteiger partial charge in [0.25, 0.3) is 0 Å². The molecule has 136 valence electrons. The molecule has 1 saturated heterocycles. The van der Waals surface area contributed by atoms with Gasteiger partial charge >= 0.3 is 0 Å². The number of aromatic nitrogens is 4. The van der Waals surface area contributed by atoms with E-state index in [1.54, 1.807) is 6.07 Å². The van der Waals surface area contributed by atoms with Crippen molar-refractivity contribution in [2.24, 2.45) is 5.92 Å². The zero-order valence-electron chi connectivity index (χ0n) is 14.7. The van der Waals surface area contributed by atoms with Crippen LogP contribution in [0.3, 0.4) is 0 Å². The number of fused-ring (bicyclic) bond motifs is 1. The van der Waals surface area contributed by atoms with E-state index in [4.69, 9.17) is 0 Å². The number of hydrogen-bond donors (Lipinski definition) is 0. The minimum Gasteiger partial charge on any atom is -0.355 e. The third-order valence-corrected chi connectivity index (χ3v) is 5.08. The summed E-state index contributed by atoms with van der Waals surface area (Å²) in [6, 6.07) is 8.14. The van der Waals surface area contributed by atoms with Crippen molar-refractivity contribution in [1.29, 1.82) is 0 Å². The highest BCUT2D eigenvalue weighted by Gasteiger charge is 2.21. The maximum atomic E-state index is 13.4. The van der Waals surface area contributed by atoms with Gasteiger partial charge in [-0.1, -0.05) is 13.0 Å². The molecule has 26 heavy (non-hydrogen) atoms. The number of hydrogen-bond acceptors (Lipinski definition) is 4. The molecule has 0 N–H and O–H groups in total. The molecule has 4 rings (SSSR count). The molecule has 7 heteroatoms. The quantitative estimate of drug-likeness (QED) is 0.718. The Bertz CT molecular complexity index is 915. The van der Waals surface area contributed by atoms with Crippen LogP contribution < -0.4 is 4.90 Å². The predicted molar refractivity (Wildman–Crippen MR) is 95.2 cm³/mol. The fourth-order valence-electron chi connectivity index (χ4n) is 3.58. The molecule has 5 nitrogen and oxygen atoms in total. The molecule has 1 aliphatic rings. The van der Waals surface area contributed by atoms with Gasteiger partial charge in [-0.25, -0.2) is 8.78 Å². The highest BCUT2D eigenvalue weighted by atomic mass is 19.2. The molecule has 1 aliphatic heterocycles. The molecule has 0 amide bonds. The van der Waals surface area contributed by atoms with Gasteiger partial charge in [0, 0.05) is 19.5 Å². The first-order chi connectivity index (χ1) is 12.6. The van der Waals surface area contributed by atoms with Gasteiger partial charge in [-0.3, -0.25) is 0 Å². The monoisotopic (exact) mass is 357 g/mol. The third kappa shape index (κ3) is 3.25. The van der Waals surface area contributed by atoms with E-state index < -0.39 is 11.6 Å². The number of benzene rings is 1. The Labute approximate surface area is 150 Å². The zero-order chi connectivity index (χ0) is 18.1. The second-order valence-electron chi connectivity index (χ2n) is 6.81. The molecule has 3 aromatic rings. The second kappa shape index (κ2) is 6.97. The van der Waals surface area contributed by atoms with Crippen LogP contribution in [0, 0.1) is 17.6 Å². The molecule has 1 aromatic carbocycles. The van der Waals surface area contributed by atoms with Crippen LogP contribution in [0.5, 0.6) is 0 Å². The number of nitrogens with zero attached hydrogens (tertiary/aromatic N) is 5. The Morgan fingerprint density at radius 2 is 1.85 bits per heavy atom. The molecule has 0 radical (unpaired) electrons. The van der Waals surface area contributed by atoms with Gasteiger partial charge in [0.1, 0.15) is 5.82 Å². The lowest BCUT2D eigenvalue weighted by atomic mass is 9.90. The van der Waals surface area contributed by atoms with E-state index in [0.717, 1.165) is 61.6 Å². The number of anilines is 1. The highest BCUT2D eigenvalue weighted by molar-refractivity contribution is 5.46. The molecule has 0 saturated carbocycles. The lowest BCUT2D eigenvalue weighted by molar-refractivity contribution is 0.400. The molecule has 0 spiro atoms. The number of aryl methyl sites for hydroxylation is 1. The van der Waals surface area contributed by atoms with Crippen LogP contribution in [-0.4, -0.2) is 32.9 Å². The van der Waals surface area contributed by atoms with Crippen molar-refractivity contribution in [3.05, 3.63) is 53.4 Å². The summed E-state index contributed by atoms with van der Waals surface area (Å²) >= 11 is 0. The van der Waals surface area contributed by atoms with Gasteiger partial charge in [-0.15, -0.1) is 15.3 Å². The fourth-order valence-corrected chi connectivity index (χ4v) is 3.58. The SMILES string of the molecule is CCc1nnc2ccc(N3CCC(Cc4ccc(F)c(F)c4)CC3)nn12. The second-order valence-corrected chi connectivity index (χ2v) is 6.81. The smallest absolute Gasteiger partial charge is 0.178 e. The first kappa shape index (κ1) is 16.9. The minimum atomic E-state index is -0.787. The standard InChI is InChI=1S/C19H21F2N5/c1-2-17-22-23-18-5-6-19(24-26(17)18)25-9-7-13(8-10-25)11-14-3-4-15(20)16(21)12-14/h3-6,12-13H,2,7-11H2,1H3. The van der Waals surface area contributed by atoms with Crippen LogP contribution in [0.4, 0.5) is 14.6 Å². The van der Waals surface area contributed by atoms with E-state index in [-0.39, 0.29) is 0 Å². The molecule has 3 heterocycles. The van der Waals surface area contributed by atoms with E-state index in [1.165, 1.54) is 12.1 Å². The van der Waals surface area contributed by atoms with Crippen molar-refractivity contribution < 1.29 is 8.78 Å². The maximum Gasteiger partial charge on any atom is 0.178 e. The molecular formula is C19H21F2N5. The van der Waals surface area contributed by atoms with E-state index >= 15 is 0 Å². The van der Waals surface area contributed by atoms with Crippen molar-refractivity contribution in [3.63, 3.8) is 0 Å². The van der Waals surface area contributed by atoms with Gasteiger partial charge in [0.15, 0.2) is 23.1 Å². The van der Waals surface area contributed by atoms with Crippen LogP contribution in [0.25, 0.3) is 5.65 Å². The van der Waals surface area contributed by atoms with Crippen LogP contribution in [0.2, 0.25) is 0 Å². The fraction of sp³-hybridized carbons (Fsp3) is 0.421. The Morgan fingerprint density at radius 3 is 2.58 bits per heavy atom. The topological polar surface area (TPSA) is 46.3 Å². The summed E-state index contributed by atoms with van der Waals surface area (Å²) in [5.41, 5.74) is 1.62. The number of piperidine rings is 1. The van der Waals surface area contributed by atoms with Crippen LogP contribution in [-0.2, 0) is 12.8 Å². The Hall–Kier alpha value is -2.57. The molecule has 1 fully saturated rings. The zero-order valence-corrected chi connectivity index (χ0v) is 14.7. The minimum absolute atomic E-state index is 0.473. The van der Waals surface area contributed by atoms with Crippen LogP contribution >= 0.6 is 0 Å². The van der Waals surface area contributed by atoms with Crippen molar-refractivity contribution in [1.82, 2.24) is 19.8 Å². The third-order valence-electron chi connectivity index (χ3n) is 5.08. The Kier molecular flexibility index (Phi) is 4.53. The first-order valence-corrected chi connectivity index (χ1v) is 9.04. The van der Waals surface area contributed by atoms with Gasteiger partial charge in [0.2, 0.25) is 0 Å². The summed E-state index contributed by atoms with van der Waals surface area (Å²) in [5.74, 6) is 0.706.